The monoisotopic (exact) mass is 497 g/mol. The van der Waals surface area contributed by atoms with Crippen molar-refractivity contribution in [3.8, 4) is 0 Å². The Morgan fingerprint density at radius 3 is 2.43 bits per heavy atom. The van der Waals surface area contributed by atoms with E-state index < -0.39 is 54.0 Å². The number of aliphatic hydroxyl groups is 1. The molecule has 2 aliphatic rings. The lowest BCUT2D eigenvalue weighted by atomic mass is 9.74. The van der Waals surface area contributed by atoms with Crippen molar-refractivity contribution in [2.45, 2.75) is 75.7 Å². The van der Waals surface area contributed by atoms with Gasteiger partial charge in [0.25, 0.3) is 0 Å². The quantitative estimate of drug-likeness (QED) is 0.512. The molecule has 4 nitrogen and oxygen atoms in total. The number of amides is 1. The summed E-state index contributed by atoms with van der Waals surface area (Å²) >= 11 is 0. The number of nitrogens with one attached hydrogen (secondary N) is 1. The molecule has 0 radical (unpaired) electrons. The number of aliphatic hydroxyl groups excluding tert-OH is 1. The number of hydrogen-bond donors (Lipinski definition) is 2. The molecule has 1 saturated heterocycles. The molecule has 190 valence electrons. The van der Waals surface area contributed by atoms with Crippen LogP contribution in [0.15, 0.2) is 42.5 Å². The second kappa shape index (κ2) is 9.50. The lowest BCUT2D eigenvalue weighted by Crippen LogP contribution is -2.47. The maximum atomic E-state index is 13.6. The SMILES string of the molecule is C[C@@H](O[C@H]1CC[C@@H]([C@@]2(C)C[C@@H](O)C(=O)N2)[C@@H]1c1ccc(F)cc1)c1cc(CF)cc(C(F)(F)F)c1. The summed E-state index contributed by atoms with van der Waals surface area (Å²) < 4.78 is 73.3. The number of halogens is 5. The first-order valence-electron chi connectivity index (χ1n) is 11.6. The Balaban J connectivity index is 1.65. The normalized spacial score (nSPS) is 29.9. The number of carbonyl (C=O) groups is 1. The largest absolute Gasteiger partial charge is 0.416 e. The Morgan fingerprint density at radius 2 is 1.86 bits per heavy atom. The van der Waals surface area contributed by atoms with Gasteiger partial charge in [0.15, 0.2) is 0 Å². The molecule has 2 fully saturated rings. The zero-order valence-electron chi connectivity index (χ0n) is 19.4. The van der Waals surface area contributed by atoms with Gasteiger partial charge < -0.3 is 15.2 Å². The Morgan fingerprint density at radius 1 is 1.17 bits per heavy atom. The summed E-state index contributed by atoms with van der Waals surface area (Å²) in [6.45, 7) is 2.44. The predicted molar refractivity (Wildman–Crippen MR) is 119 cm³/mol. The zero-order chi connectivity index (χ0) is 25.5. The highest BCUT2D eigenvalue weighted by molar-refractivity contribution is 5.84. The second-order valence-electron chi connectivity index (χ2n) is 9.80. The third-order valence-corrected chi connectivity index (χ3v) is 7.34. The standard InChI is InChI=1S/C26H28F5NO3/c1-14(17-9-15(13-27)10-18(11-17)26(29,30)31)35-22-8-7-20(25(2)12-21(33)24(34)32-25)23(22)16-3-5-19(28)6-4-16/h3-6,9-11,14,20-23,33H,7-8,12-13H2,1-2H3,(H,32,34)/t14-,20-,21-,22+,23+,25-/m1/s1. The molecule has 9 heteroatoms. The predicted octanol–water partition coefficient (Wildman–Crippen LogP) is 5.59. The third kappa shape index (κ3) is 5.21. The molecule has 0 spiro atoms. The van der Waals surface area contributed by atoms with Crippen LogP contribution in [0.1, 0.15) is 67.4 Å². The smallest absolute Gasteiger partial charge is 0.383 e. The number of hydrogen-bond acceptors (Lipinski definition) is 3. The van der Waals surface area contributed by atoms with Gasteiger partial charge in [-0.3, -0.25) is 4.79 Å². The van der Waals surface area contributed by atoms with Crippen LogP contribution in [0.25, 0.3) is 0 Å². The Bertz CT molecular complexity index is 1070. The van der Waals surface area contributed by atoms with Gasteiger partial charge in [-0.25, -0.2) is 8.78 Å². The first kappa shape index (κ1) is 25.6. The van der Waals surface area contributed by atoms with E-state index in [2.05, 4.69) is 5.32 Å². The van der Waals surface area contributed by atoms with Crippen molar-refractivity contribution in [3.63, 3.8) is 0 Å². The highest BCUT2D eigenvalue weighted by Gasteiger charge is 2.52. The van der Waals surface area contributed by atoms with E-state index in [0.717, 1.165) is 17.7 Å². The highest BCUT2D eigenvalue weighted by Crippen LogP contribution is 2.50. The fourth-order valence-corrected chi connectivity index (χ4v) is 5.65. The highest BCUT2D eigenvalue weighted by atomic mass is 19.4. The van der Waals surface area contributed by atoms with E-state index in [9.17, 15) is 31.9 Å². The Hall–Kier alpha value is -2.52. The van der Waals surface area contributed by atoms with Crippen LogP contribution >= 0.6 is 0 Å². The maximum absolute atomic E-state index is 13.6. The van der Waals surface area contributed by atoms with Crippen LogP contribution in [0.5, 0.6) is 0 Å². The maximum Gasteiger partial charge on any atom is 0.416 e. The summed E-state index contributed by atoms with van der Waals surface area (Å²) in [6.07, 6.45) is -5.58. The molecule has 4 rings (SSSR count). The minimum absolute atomic E-state index is 0.0835. The van der Waals surface area contributed by atoms with Gasteiger partial charge in [-0.2, -0.15) is 13.2 Å². The van der Waals surface area contributed by atoms with Crippen LogP contribution in [0, 0.1) is 11.7 Å². The van der Waals surface area contributed by atoms with E-state index in [4.69, 9.17) is 4.74 Å². The summed E-state index contributed by atoms with van der Waals surface area (Å²) in [6, 6.07) is 9.07. The fraction of sp³-hybridized carbons (Fsp3) is 0.500. The lowest BCUT2D eigenvalue weighted by molar-refractivity contribution is -0.137. The van der Waals surface area contributed by atoms with Gasteiger partial charge in [-0.05, 0) is 73.6 Å². The molecular weight excluding hydrogens is 469 g/mol. The number of benzene rings is 2. The topological polar surface area (TPSA) is 58.6 Å². The van der Waals surface area contributed by atoms with Crippen molar-refractivity contribution in [2.75, 3.05) is 0 Å². The van der Waals surface area contributed by atoms with Crippen LogP contribution < -0.4 is 5.32 Å². The van der Waals surface area contributed by atoms with Crippen LogP contribution in [0.3, 0.4) is 0 Å². The van der Waals surface area contributed by atoms with Crippen molar-refractivity contribution >= 4 is 5.91 Å². The van der Waals surface area contributed by atoms with E-state index in [-0.39, 0.29) is 29.4 Å². The van der Waals surface area contributed by atoms with Gasteiger partial charge in [-0.15, -0.1) is 0 Å². The van der Waals surface area contributed by atoms with Gasteiger partial charge in [0.1, 0.15) is 18.6 Å². The molecule has 0 bridgehead atoms. The van der Waals surface area contributed by atoms with Gasteiger partial charge in [0.2, 0.25) is 5.91 Å². The number of carbonyl (C=O) groups excluding carboxylic acids is 1. The van der Waals surface area contributed by atoms with Crippen molar-refractivity contribution in [3.05, 3.63) is 70.5 Å². The van der Waals surface area contributed by atoms with Gasteiger partial charge >= 0.3 is 6.18 Å². The van der Waals surface area contributed by atoms with Crippen LogP contribution in [-0.2, 0) is 22.4 Å². The number of ether oxygens (including phenoxy) is 1. The van der Waals surface area contributed by atoms with Gasteiger partial charge in [0.05, 0.1) is 17.8 Å². The minimum Gasteiger partial charge on any atom is -0.383 e. The number of rotatable bonds is 6. The molecule has 1 aliphatic heterocycles. The van der Waals surface area contributed by atoms with Crippen molar-refractivity contribution < 1.29 is 36.6 Å². The molecule has 0 unspecified atom stereocenters. The minimum atomic E-state index is -4.62. The van der Waals surface area contributed by atoms with Crippen molar-refractivity contribution in [1.29, 1.82) is 0 Å². The van der Waals surface area contributed by atoms with E-state index in [1.54, 1.807) is 19.1 Å². The Kier molecular flexibility index (Phi) is 6.94. The molecule has 1 aliphatic carbocycles. The van der Waals surface area contributed by atoms with Crippen molar-refractivity contribution in [1.82, 2.24) is 5.32 Å². The van der Waals surface area contributed by atoms with Gasteiger partial charge in [0, 0.05) is 17.9 Å². The molecule has 35 heavy (non-hydrogen) atoms. The van der Waals surface area contributed by atoms with Crippen LogP contribution in [0.4, 0.5) is 22.0 Å². The van der Waals surface area contributed by atoms with Crippen LogP contribution in [0.2, 0.25) is 0 Å². The average molecular weight is 498 g/mol. The van der Waals surface area contributed by atoms with E-state index in [1.165, 1.54) is 18.2 Å². The van der Waals surface area contributed by atoms with E-state index >= 15 is 0 Å². The van der Waals surface area contributed by atoms with Crippen LogP contribution in [-0.4, -0.2) is 28.8 Å². The molecule has 1 heterocycles. The van der Waals surface area contributed by atoms with Crippen molar-refractivity contribution in [2.24, 2.45) is 5.92 Å². The third-order valence-electron chi connectivity index (χ3n) is 7.34. The fourth-order valence-electron chi connectivity index (χ4n) is 5.65. The molecule has 6 atom stereocenters. The molecule has 2 N–H and O–H groups in total. The molecule has 2 aromatic carbocycles. The molecule has 0 aromatic heterocycles. The first-order chi connectivity index (χ1) is 16.4. The summed E-state index contributed by atoms with van der Waals surface area (Å²) in [7, 11) is 0. The lowest BCUT2D eigenvalue weighted by Gasteiger charge is -2.37. The molecule has 1 saturated carbocycles. The average Bonchev–Trinajstić information content (AvgIpc) is 3.34. The molecule has 2 aromatic rings. The summed E-state index contributed by atoms with van der Waals surface area (Å²) in [5.74, 6) is -1.33. The Labute approximate surface area is 200 Å². The second-order valence-corrected chi connectivity index (χ2v) is 9.80. The summed E-state index contributed by atoms with van der Waals surface area (Å²) in [4.78, 5) is 12.1. The van der Waals surface area contributed by atoms with E-state index in [1.807, 2.05) is 6.92 Å². The zero-order valence-corrected chi connectivity index (χ0v) is 19.4. The number of alkyl halides is 4. The van der Waals surface area contributed by atoms with E-state index in [0.29, 0.717) is 12.8 Å². The van der Waals surface area contributed by atoms with Gasteiger partial charge in [-0.1, -0.05) is 18.2 Å². The summed E-state index contributed by atoms with van der Waals surface area (Å²) in [5.41, 5.74) is -0.761. The first-order valence-corrected chi connectivity index (χ1v) is 11.6. The summed E-state index contributed by atoms with van der Waals surface area (Å²) in [5, 5.41) is 13.0. The molecular formula is C26H28F5NO3. The molecule has 1 amide bonds.